The molecule has 10 heteroatoms. The number of rotatable bonds is 14. The molecule has 4 rings (SSSR count). The summed E-state index contributed by atoms with van der Waals surface area (Å²) in [6, 6.07) is 21.7. The number of nitrogens with one attached hydrogen (secondary N) is 1. The molecule has 0 saturated carbocycles. The van der Waals surface area contributed by atoms with Crippen LogP contribution in [0, 0.1) is 0 Å². The average molecular weight is 582 g/mol. The van der Waals surface area contributed by atoms with Gasteiger partial charge in [-0.25, -0.2) is 0 Å². The van der Waals surface area contributed by atoms with Crippen LogP contribution >= 0.6 is 0 Å². The molecular formula is C32H39NO9. The van der Waals surface area contributed by atoms with Gasteiger partial charge in [0, 0.05) is 6.92 Å². The molecule has 0 aromatic heterocycles. The molecule has 0 bridgehead atoms. The van der Waals surface area contributed by atoms with Crippen molar-refractivity contribution in [3.05, 3.63) is 89.5 Å². The highest BCUT2D eigenvalue weighted by molar-refractivity contribution is 5.73. The Labute approximate surface area is 246 Å². The Morgan fingerprint density at radius 2 is 1.14 bits per heavy atom. The smallest absolute Gasteiger partial charge is 0.217 e. The second-order valence-corrected chi connectivity index (χ2v) is 9.90. The van der Waals surface area contributed by atoms with Crippen molar-refractivity contribution in [2.45, 2.75) is 57.4 Å². The Morgan fingerprint density at radius 3 is 1.57 bits per heavy atom. The van der Waals surface area contributed by atoms with E-state index in [-0.39, 0.29) is 25.7 Å². The lowest BCUT2D eigenvalue weighted by atomic mass is 9.96. The molecule has 1 heterocycles. The first-order chi connectivity index (χ1) is 20.4. The zero-order chi connectivity index (χ0) is 29.9. The molecule has 5 atom stereocenters. The highest BCUT2D eigenvalue weighted by Gasteiger charge is 2.47. The van der Waals surface area contributed by atoms with Gasteiger partial charge in [-0.3, -0.25) is 4.79 Å². The SMILES string of the molecule is COc1ccc(COC[C@H]2O[C@H](O)[C@H](NC(C)=O)[C@@H](OCc3ccc(OC)cc3)[C@@H]2OCc2ccc(OC)cc2)cc1. The van der Waals surface area contributed by atoms with Gasteiger partial charge in [-0.2, -0.15) is 0 Å². The molecule has 1 aliphatic rings. The number of benzene rings is 3. The summed E-state index contributed by atoms with van der Waals surface area (Å²) in [6.45, 7) is 2.26. The van der Waals surface area contributed by atoms with Crippen molar-refractivity contribution in [1.82, 2.24) is 5.32 Å². The van der Waals surface area contributed by atoms with E-state index >= 15 is 0 Å². The van der Waals surface area contributed by atoms with Crippen molar-refractivity contribution < 1.29 is 43.1 Å². The number of ether oxygens (including phenoxy) is 7. The van der Waals surface area contributed by atoms with E-state index in [1.165, 1.54) is 6.92 Å². The van der Waals surface area contributed by atoms with E-state index in [0.717, 1.165) is 33.9 Å². The van der Waals surface area contributed by atoms with Crippen molar-refractivity contribution in [3.63, 3.8) is 0 Å². The Hall–Kier alpha value is -3.67. The summed E-state index contributed by atoms with van der Waals surface area (Å²) in [5.74, 6) is 1.89. The Kier molecular flexibility index (Phi) is 11.6. The number of hydrogen-bond acceptors (Lipinski definition) is 9. The van der Waals surface area contributed by atoms with Gasteiger partial charge in [0.2, 0.25) is 5.91 Å². The van der Waals surface area contributed by atoms with Crippen LogP contribution in [-0.2, 0) is 43.6 Å². The number of aliphatic hydroxyl groups is 1. The summed E-state index contributed by atoms with van der Waals surface area (Å²) in [5, 5.41) is 13.8. The fourth-order valence-corrected chi connectivity index (χ4v) is 4.69. The lowest BCUT2D eigenvalue weighted by molar-refractivity contribution is -0.277. The maximum atomic E-state index is 12.1. The van der Waals surface area contributed by atoms with Crippen molar-refractivity contribution in [2.24, 2.45) is 0 Å². The molecule has 0 spiro atoms. The monoisotopic (exact) mass is 581 g/mol. The summed E-state index contributed by atoms with van der Waals surface area (Å²) < 4.78 is 40.5. The number of carbonyl (C=O) groups is 1. The van der Waals surface area contributed by atoms with Gasteiger partial charge in [0.1, 0.15) is 41.6 Å². The van der Waals surface area contributed by atoms with Gasteiger partial charge < -0.3 is 43.6 Å². The molecule has 3 aromatic rings. The van der Waals surface area contributed by atoms with E-state index in [4.69, 9.17) is 33.2 Å². The van der Waals surface area contributed by atoms with E-state index < -0.39 is 30.6 Å². The molecule has 3 aromatic carbocycles. The highest BCUT2D eigenvalue weighted by atomic mass is 16.7. The van der Waals surface area contributed by atoms with Gasteiger partial charge in [-0.05, 0) is 53.1 Å². The first kappa shape index (κ1) is 31.3. The number of amides is 1. The molecule has 0 aliphatic carbocycles. The van der Waals surface area contributed by atoms with E-state index in [1.807, 2.05) is 72.8 Å². The highest BCUT2D eigenvalue weighted by Crippen LogP contribution is 2.28. The fraction of sp³-hybridized carbons (Fsp3) is 0.406. The molecule has 1 saturated heterocycles. The number of methoxy groups -OCH3 is 3. The molecule has 1 aliphatic heterocycles. The summed E-state index contributed by atoms with van der Waals surface area (Å²) in [6.07, 6.45) is -3.48. The van der Waals surface area contributed by atoms with Crippen molar-refractivity contribution in [2.75, 3.05) is 27.9 Å². The summed E-state index contributed by atoms with van der Waals surface area (Å²) in [4.78, 5) is 12.1. The normalized spacial score (nSPS) is 21.9. The quantitative estimate of drug-likeness (QED) is 0.295. The van der Waals surface area contributed by atoms with Gasteiger partial charge in [-0.1, -0.05) is 36.4 Å². The Bertz CT molecular complexity index is 1230. The van der Waals surface area contributed by atoms with E-state index in [2.05, 4.69) is 5.32 Å². The standard InChI is InChI=1S/C32H39NO9/c1-21(34)33-29-31(41-19-24-9-15-27(38-4)16-10-24)30(40-18-23-7-13-26(37-3)14-8-23)28(42-32(29)35)20-39-17-22-5-11-25(36-2)12-6-22/h5-16,28-32,35H,17-20H2,1-4H3,(H,33,34)/t28-,29-,30-,31-,32+/m1/s1. The third kappa shape index (κ3) is 8.67. The van der Waals surface area contributed by atoms with Crippen LogP contribution in [0.3, 0.4) is 0 Å². The predicted octanol–water partition coefficient (Wildman–Crippen LogP) is 3.62. The topological polar surface area (TPSA) is 114 Å². The first-order valence-corrected chi connectivity index (χ1v) is 13.7. The maximum absolute atomic E-state index is 12.1. The van der Waals surface area contributed by atoms with Crippen LogP contribution in [0.15, 0.2) is 72.8 Å². The van der Waals surface area contributed by atoms with Crippen molar-refractivity contribution >= 4 is 5.91 Å². The van der Waals surface area contributed by atoms with Crippen LogP contribution in [0.5, 0.6) is 17.2 Å². The van der Waals surface area contributed by atoms with E-state index in [1.54, 1.807) is 21.3 Å². The second kappa shape index (κ2) is 15.5. The van der Waals surface area contributed by atoms with Gasteiger partial charge in [0.25, 0.3) is 0 Å². The van der Waals surface area contributed by atoms with Gasteiger partial charge >= 0.3 is 0 Å². The third-order valence-electron chi connectivity index (χ3n) is 6.95. The van der Waals surface area contributed by atoms with Crippen LogP contribution in [0.1, 0.15) is 23.6 Å². The average Bonchev–Trinajstić information content (AvgIpc) is 3.01. The zero-order valence-corrected chi connectivity index (χ0v) is 24.4. The number of aliphatic hydroxyl groups excluding tert-OH is 1. The molecule has 226 valence electrons. The van der Waals surface area contributed by atoms with Crippen molar-refractivity contribution in [3.8, 4) is 17.2 Å². The Morgan fingerprint density at radius 1 is 0.714 bits per heavy atom. The summed E-state index contributed by atoms with van der Waals surface area (Å²) in [5.41, 5.74) is 2.75. The van der Waals surface area contributed by atoms with Crippen LogP contribution in [0.4, 0.5) is 0 Å². The molecule has 1 amide bonds. The molecule has 2 N–H and O–H groups in total. The van der Waals surface area contributed by atoms with Crippen LogP contribution < -0.4 is 19.5 Å². The zero-order valence-electron chi connectivity index (χ0n) is 24.4. The molecule has 1 fully saturated rings. The van der Waals surface area contributed by atoms with Crippen molar-refractivity contribution in [1.29, 1.82) is 0 Å². The minimum absolute atomic E-state index is 0.117. The summed E-state index contributed by atoms with van der Waals surface area (Å²) >= 11 is 0. The fourth-order valence-electron chi connectivity index (χ4n) is 4.69. The lowest BCUT2D eigenvalue weighted by Gasteiger charge is -2.44. The maximum Gasteiger partial charge on any atom is 0.217 e. The lowest BCUT2D eigenvalue weighted by Crippen LogP contribution is -2.65. The van der Waals surface area contributed by atoms with Crippen LogP contribution in [0.25, 0.3) is 0 Å². The largest absolute Gasteiger partial charge is 0.497 e. The van der Waals surface area contributed by atoms with E-state index in [0.29, 0.717) is 6.61 Å². The van der Waals surface area contributed by atoms with Gasteiger partial charge in [0.05, 0.1) is 47.8 Å². The first-order valence-electron chi connectivity index (χ1n) is 13.7. The van der Waals surface area contributed by atoms with Gasteiger partial charge in [0.15, 0.2) is 6.29 Å². The van der Waals surface area contributed by atoms with E-state index in [9.17, 15) is 9.90 Å². The minimum atomic E-state index is -1.34. The summed E-state index contributed by atoms with van der Waals surface area (Å²) in [7, 11) is 4.83. The van der Waals surface area contributed by atoms with Gasteiger partial charge in [-0.15, -0.1) is 0 Å². The predicted molar refractivity (Wildman–Crippen MR) is 154 cm³/mol. The molecule has 10 nitrogen and oxygen atoms in total. The Balaban J connectivity index is 1.53. The molecule has 0 unspecified atom stereocenters. The molecule has 0 radical (unpaired) electrons. The van der Waals surface area contributed by atoms with Crippen LogP contribution in [0.2, 0.25) is 0 Å². The van der Waals surface area contributed by atoms with Crippen LogP contribution in [-0.4, -0.2) is 69.6 Å². The number of hydrogen-bond donors (Lipinski definition) is 2. The number of carbonyl (C=O) groups excluding carboxylic acids is 1. The molecule has 42 heavy (non-hydrogen) atoms. The third-order valence-corrected chi connectivity index (χ3v) is 6.95. The molecular weight excluding hydrogens is 542 g/mol. The second-order valence-electron chi connectivity index (χ2n) is 9.90. The minimum Gasteiger partial charge on any atom is -0.497 e.